The third-order valence-electron chi connectivity index (χ3n) is 10.1. The van der Waals surface area contributed by atoms with Crippen molar-refractivity contribution in [3.8, 4) is 33.5 Å². The Labute approximate surface area is 285 Å². The minimum atomic E-state index is 0.829. The molecule has 0 amide bonds. The first kappa shape index (κ1) is 27.2. The van der Waals surface area contributed by atoms with Crippen molar-refractivity contribution in [3.63, 3.8) is 0 Å². The average molecular weight is 639 g/mol. The molecule has 0 aliphatic rings. The van der Waals surface area contributed by atoms with E-state index in [9.17, 15) is 0 Å². The molecule has 0 atom stereocenters. The molecule has 11 aromatic rings. The molecule has 4 heteroatoms. The van der Waals surface area contributed by atoms with Crippen molar-refractivity contribution in [3.05, 3.63) is 158 Å². The zero-order valence-electron chi connectivity index (χ0n) is 26.7. The topological polar surface area (TPSA) is 52.1 Å². The van der Waals surface area contributed by atoms with E-state index in [1.807, 2.05) is 24.4 Å². The van der Waals surface area contributed by atoms with E-state index < -0.39 is 0 Å². The van der Waals surface area contributed by atoms with Gasteiger partial charge in [-0.3, -0.25) is 4.98 Å². The van der Waals surface area contributed by atoms with Crippen molar-refractivity contribution >= 4 is 76.5 Å². The molecule has 232 valence electrons. The first-order valence-corrected chi connectivity index (χ1v) is 16.8. The Morgan fingerprint density at radius 3 is 1.72 bits per heavy atom. The lowest BCUT2D eigenvalue weighted by molar-refractivity contribution is 0.658. The number of nitrogens with zero attached hydrogens (tertiary/aromatic N) is 2. The highest BCUT2D eigenvalue weighted by atomic mass is 16.3. The minimum absolute atomic E-state index is 0.829. The van der Waals surface area contributed by atoms with Crippen molar-refractivity contribution in [2.45, 2.75) is 0 Å². The van der Waals surface area contributed by atoms with Gasteiger partial charge in [0.1, 0.15) is 22.3 Å². The Bertz CT molecular complexity index is 3120. The van der Waals surface area contributed by atoms with Crippen LogP contribution in [0, 0.1) is 0 Å². The Balaban J connectivity index is 1.09. The fourth-order valence-corrected chi connectivity index (χ4v) is 7.75. The summed E-state index contributed by atoms with van der Waals surface area (Å²) >= 11 is 0. The number of benzene rings is 8. The summed E-state index contributed by atoms with van der Waals surface area (Å²) in [5.41, 5.74) is 11.3. The number of para-hydroxylation sites is 1. The maximum Gasteiger partial charge on any atom is 0.147 e. The summed E-state index contributed by atoms with van der Waals surface area (Å²) in [5, 5.41) is 8.91. The van der Waals surface area contributed by atoms with Gasteiger partial charge >= 0.3 is 0 Å². The summed E-state index contributed by atoms with van der Waals surface area (Å²) in [4.78, 5) is 10.2. The van der Waals surface area contributed by atoms with E-state index in [2.05, 4.69) is 133 Å². The molecule has 0 unspecified atom stereocenters. The molecular formula is C46H26N2O2. The van der Waals surface area contributed by atoms with Crippen LogP contribution < -0.4 is 0 Å². The van der Waals surface area contributed by atoms with Gasteiger partial charge in [0, 0.05) is 37.9 Å². The lowest BCUT2D eigenvalue weighted by atomic mass is 9.97. The molecule has 0 spiro atoms. The maximum atomic E-state index is 6.65. The molecule has 0 saturated carbocycles. The molecule has 0 fully saturated rings. The predicted octanol–water partition coefficient (Wildman–Crippen LogP) is 12.7. The Morgan fingerprint density at radius 2 is 0.940 bits per heavy atom. The minimum Gasteiger partial charge on any atom is -0.455 e. The molecular weight excluding hydrogens is 613 g/mol. The quantitative estimate of drug-likeness (QED) is 0.181. The Morgan fingerprint density at radius 1 is 0.360 bits per heavy atom. The van der Waals surface area contributed by atoms with Crippen molar-refractivity contribution in [1.82, 2.24) is 9.97 Å². The summed E-state index contributed by atoms with van der Waals surface area (Å²) in [6, 6.07) is 52.8. The first-order valence-electron chi connectivity index (χ1n) is 16.8. The highest BCUT2D eigenvalue weighted by Crippen LogP contribution is 2.45. The second-order valence-electron chi connectivity index (χ2n) is 12.9. The van der Waals surface area contributed by atoms with Gasteiger partial charge < -0.3 is 8.83 Å². The van der Waals surface area contributed by atoms with E-state index in [4.69, 9.17) is 18.8 Å². The highest BCUT2D eigenvalue weighted by Gasteiger charge is 2.21. The third-order valence-corrected chi connectivity index (χ3v) is 10.1. The van der Waals surface area contributed by atoms with Gasteiger partial charge in [-0.2, -0.15) is 0 Å². The van der Waals surface area contributed by atoms with Crippen LogP contribution in [0.25, 0.3) is 110 Å². The number of fused-ring (bicyclic) bond motifs is 12. The Kier molecular flexibility index (Phi) is 5.63. The van der Waals surface area contributed by atoms with Crippen LogP contribution in [-0.4, -0.2) is 9.97 Å². The van der Waals surface area contributed by atoms with Crippen LogP contribution in [0.5, 0.6) is 0 Å². The molecule has 0 N–H and O–H groups in total. The SMILES string of the molecule is c1ccc(-c2c3oc4ccccc4c3cc3c2oc2ccc(-c4cccc(-c5cnc6c7ccccc7c7ccccc7c6n5)c4)cc23)cc1. The van der Waals surface area contributed by atoms with Crippen LogP contribution in [-0.2, 0) is 0 Å². The first-order chi connectivity index (χ1) is 24.8. The second-order valence-corrected chi connectivity index (χ2v) is 12.9. The van der Waals surface area contributed by atoms with E-state index in [0.717, 1.165) is 99.2 Å². The normalized spacial score (nSPS) is 12.0. The van der Waals surface area contributed by atoms with Gasteiger partial charge in [-0.05, 0) is 57.8 Å². The largest absolute Gasteiger partial charge is 0.455 e. The molecule has 0 aliphatic carbocycles. The fraction of sp³-hybridized carbons (Fsp3) is 0. The molecule has 11 rings (SSSR count). The van der Waals surface area contributed by atoms with Gasteiger partial charge in [0.15, 0.2) is 0 Å². The van der Waals surface area contributed by atoms with E-state index >= 15 is 0 Å². The molecule has 3 aromatic heterocycles. The lowest BCUT2D eigenvalue weighted by Gasteiger charge is -2.11. The van der Waals surface area contributed by atoms with Crippen molar-refractivity contribution in [1.29, 1.82) is 0 Å². The number of furan rings is 2. The van der Waals surface area contributed by atoms with Gasteiger partial charge in [0.05, 0.1) is 28.5 Å². The van der Waals surface area contributed by atoms with Gasteiger partial charge in [0.2, 0.25) is 0 Å². The van der Waals surface area contributed by atoms with E-state index in [1.54, 1.807) is 0 Å². The predicted molar refractivity (Wildman–Crippen MR) is 205 cm³/mol. The van der Waals surface area contributed by atoms with Gasteiger partial charge in [-0.25, -0.2) is 4.98 Å². The second kappa shape index (κ2) is 10.4. The fourth-order valence-electron chi connectivity index (χ4n) is 7.75. The average Bonchev–Trinajstić information content (AvgIpc) is 3.75. The van der Waals surface area contributed by atoms with E-state index in [1.165, 1.54) is 10.8 Å². The molecule has 3 heterocycles. The number of hydrogen-bond acceptors (Lipinski definition) is 4. The highest BCUT2D eigenvalue weighted by molar-refractivity contribution is 6.24. The lowest BCUT2D eigenvalue weighted by Crippen LogP contribution is -1.92. The van der Waals surface area contributed by atoms with Gasteiger partial charge in [0.25, 0.3) is 0 Å². The summed E-state index contributed by atoms with van der Waals surface area (Å²) in [7, 11) is 0. The van der Waals surface area contributed by atoms with Crippen LogP contribution in [0.15, 0.2) is 167 Å². The summed E-state index contributed by atoms with van der Waals surface area (Å²) in [6.07, 6.45) is 1.90. The summed E-state index contributed by atoms with van der Waals surface area (Å²) in [5.74, 6) is 0. The van der Waals surface area contributed by atoms with Crippen LogP contribution in [0.2, 0.25) is 0 Å². The maximum absolute atomic E-state index is 6.65. The Hall–Kier alpha value is -6.78. The molecule has 0 bridgehead atoms. The number of rotatable bonds is 3. The van der Waals surface area contributed by atoms with Crippen molar-refractivity contribution in [2.75, 3.05) is 0 Å². The molecule has 50 heavy (non-hydrogen) atoms. The van der Waals surface area contributed by atoms with Crippen molar-refractivity contribution < 1.29 is 8.83 Å². The van der Waals surface area contributed by atoms with E-state index in [-0.39, 0.29) is 0 Å². The number of hydrogen-bond donors (Lipinski definition) is 0. The monoisotopic (exact) mass is 638 g/mol. The molecule has 0 aliphatic heterocycles. The molecule has 0 radical (unpaired) electrons. The van der Waals surface area contributed by atoms with Crippen molar-refractivity contribution in [2.24, 2.45) is 0 Å². The summed E-state index contributed by atoms with van der Waals surface area (Å²) in [6.45, 7) is 0. The summed E-state index contributed by atoms with van der Waals surface area (Å²) < 4.78 is 13.1. The third kappa shape index (κ3) is 3.93. The van der Waals surface area contributed by atoms with Crippen LogP contribution in [0.1, 0.15) is 0 Å². The van der Waals surface area contributed by atoms with E-state index in [0.29, 0.717) is 0 Å². The van der Waals surface area contributed by atoms with Crippen LogP contribution >= 0.6 is 0 Å². The zero-order valence-corrected chi connectivity index (χ0v) is 26.7. The van der Waals surface area contributed by atoms with Gasteiger partial charge in [-0.15, -0.1) is 0 Å². The standard InChI is InChI=1S/C46H26N2O2/c1-2-11-27(12-3-1)42-45-37(33-17-8-9-20-40(33)49-45)25-38-36-24-29(21-22-41(36)50-46(38)42)28-13-10-14-30(23-28)39-26-47-43-34-18-6-4-15-31(34)32-16-5-7-19-35(32)44(43)48-39/h1-26H. The smallest absolute Gasteiger partial charge is 0.147 e. The molecule has 8 aromatic carbocycles. The van der Waals surface area contributed by atoms with Gasteiger partial charge in [-0.1, -0.05) is 121 Å². The molecule has 0 saturated heterocycles. The molecule has 4 nitrogen and oxygen atoms in total. The number of aromatic nitrogens is 2. The zero-order chi connectivity index (χ0) is 32.8. The van der Waals surface area contributed by atoms with Crippen LogP contribution in [0.3, 0.4) is 0 Å². The van der Waals surface area contributed by atoms with Crippen LogP contribution in [0.4, 0.5) is 0 Å².